The molecule has 1 aliphatic carbocycles. The molecule has 21 heavy (non-hydrogen) atoms. The topological polar surface area (TPSA) is 74.8 Å². The minimum Gasteiger partial charge on any atom is -0.344 e. The fraction of sp³-hybridized carbons (Fsp3) is 0.400. The quantitative estimate of drug-likeness (QED) is 0.746. The first-order valence-electron chi connectivity index (χ1n) is 7.12. The van der Waals surface area contributed by atoms with Gasteiger partial charge in [-0.15, -0.1) is 0 Å². The molecular weight excluding hydrogens is 286 g/mol. The SMILES string of the molecule is O=C(S)NC1CCC(c2n[nH]c(=O)c3ccccc23)CC1. The molecule has 1 saturated carbocycles. The second-order valence-electron chi connectivity index (χ2n) is 5.48. The number of amides is 1. The van der Waals surface area contributed by atoms with Crippen molar-refractivity contribution in [3.63, 3.8) is 0 Å². The number of hydrogen-bond acceptors (Lipinski definition) is 3. The summed E-state index contributed by atoms with van der Waals surface area (Å²) in [5.41, 5.74) is 0.811. The predicted octanol–water partition coefficient (Wildman–Crippen LogP) is 2.59. The van der Waals surface area contributed by atoms with Gasteiger partial charge in [0.1, 0.15) is 0 Å². The highest BCUT2D eigenvalue weighted by Gasteiger charge is 2.25. The lowest BCUT2D eigenvalue weighted by molar-refractivity contribution is 0.251. The third kappa shape index (κ3) is 2.95. The zero-order valence-corrected chi connectivity index (χ0v) is 12.4. The normalized spacial score (nSPS) is 22.1. The highest BCUT2D eigenvalue weighted by molar-refractivity contribution is 7.96. The number of aromatic nitrogens is 2. The number of nitrogens with one attached hydrogen (secondary N) is 2. The van der Waals surface area contributed by atoms with E-state index in [1.165, 1.54) is 0 Å². The van der Waals surface area contributed by atoms with E-state index in [0.717, 1.165) is 36.8 Å². The van der Waals surface area contributed by atoms with Gasteiger partial charge in [0.05, 0.1) is 11.1 Å². The van der Waals surface area contributed by atoms with Crippen LogP contribution in [0.4, 0.5) is 4.79 Å². The molecule has 1 fully saturated rings. The second-order valence-corrected chi connectivity index (χ2v) is 5.89. The third-order valence-corrected chi connectivity index (χ3v) is 4.30. The van der Waals surface area contributed by atoms with Crippen LogP contribution in [0.2, 0.25) is 0 Å². The maximum atomic E-state index is 11.8. The Hall–Kier alpha value is -1.82. The van der Waals surface area contributed by atoms with Crippen molar-refractivity contribution in [1.29, 1.82) is 0 Å². The van der Waals surface area contributed by atoms with E-state index in [4.69, 9.17) is 0 Å². The summed E-state index contributed by atoms with van der Waals surface area (Å²) < 4.78 is 0. The first-order chi connectivity index (χ1) is 10.1. The summed E-state index contributed by atoms with van der Waals surface area (Å²) >= 11 is 3.76. The fourth-order valence-corrected chi connectivity index (χ4v) is 3.32. The van der Waals surface area contributed by atoms with Crippen LogP contribution in [-0.2, 0) is 0 Å². The Kier molecular flexibility index (Phi) is 3.96. The molecule has 0 spiro atoms. The van der Waals surface area contributed by atoms with Crippen LogP contribution in [0.1, 0.15) is 37.3 Å². The van der Waals surface area contributed by atoms with Crippen LogP contribution >= 0.6 is 12.6 Å². The summed E-state index contributed by atoms with van der Waals surface area (Å²) in [6.07, 6.45) is 3.71. The Bertz CT molecular complexity index is 720. The van der Waals surface area contributed by atoms with Crippen LogP contribution < -0.4 is 10.9 Å². The van der Waals surface area contributed by atoms with Crippen LogP contribution in [0, 0.1) is 0 Å². The largest absolute Gasteiger partial charge is 0.344 e. The van der Waals surface area contributed by atoms with Crippen molar-refractivity contribution in [1.82, 2.24) is 15.5 Å². The van der Waals surface area contributed by atoms with Crippen LogP contribution in [0.3, 0.4) is 0 Å². The molecule has 1 aromatic heterocycles. The molecular formula is C15H17N3O2S. The van der Waals surface area contributed by atoms with Crippen LogP contribution in [0.25, 0.3) is 10.8 Å². The molecule has 1 aliphatic rings. The van der Waals surface area contributed by atoms with Gasteiger partial charge in [-0.2, -0.15) is 5.10 Å². The molecule has 110 valence electrons. The van der Waals surface area contributed by atoms with Gasteiger partial charge in [-0.1, -0.05) is 30.8 Å². The zero-order chi connectivity index (χ0) is 14.8. The molecule has 2 aromatic rings. The summed E-state index contributed by atoms with van der Waals surface area (Å²) in [6.45, 7) is 0. The Morgan fingerprint density at radius 1 is 1.19 bits per heavy atom. The third-order valence-electron chi connectivity index (χ3n) is 4.17. The van der Waals surface area contributed by atoms with Gasteiger partial charge < -0.3 is 5.32 Å². The fourth-order valence-electron chi connectivity index (χ4n) is 3.13. The lowest BCUT2D eigenvalue weighted by atomic mass is 9.83. The first kappa shape index (κ1) is 14.1. The number of thiol groups is 1. The Morgan fingerprint density at radius 2 is 1.86 bits per heavy atom. The molecule has 0 radical (unpaired) electrons. The molecule has 2 N–H and O–H groups in total. The highest BCUT2D eigenvalue weighted by atomic mass is 32.1. The summed E-state index contributed by atoms with van der Waals surface area (Å²) in [5, 5.41) is 11.1. The number of fused-ring (bicyclic) bond motifs is 1. The van der Waals surface area contributed by atoms with Crippen LogP contribution in [0.15, 0.2) is 29.1 Å². The maximum Gasteiger partial charge on any atom is 0.276 e. The highest BCUT2D eigenvalue weighted by Crippen LogP contribution is 2.34. The molecule has 6 heteroatoms. The molecule has 0 aliphatic heterocycles. The van der Waals surface area contributed by atoms with E-state index in [1.807, 2.05) is 24.3 Å². The Balaban J connectivity index is 1.84. The summed E-state index contributed by atoms with van der Waals surface area (Å²) in [4.78, 5) is 22.8. The molecule has 5 nitrogen and oxygen atoms in total. The van der Waals surface area contributed by atoms with Crippen molar-refractivity contribution >= 4 is 28.6 Å². The molecule has 0 atom stereocenters. The molecule has 3 rings (SSSR count). The van der Waals surface area contributed by atoms with Crippen molar-refractivity contribution < 1.29 is 4.79 Å². The van der Waals surface area contributed by atoms with E-state index in [1.54, 1.807) is 0 Å². The first-order valence-corrected chi connectivity index (χ1v) is 7.56. The predicted molar refractivity (Wildman–Crippen MR) is 84.9 cm³/mol. The van der Waals surface area contributed by atoms with Crippen LogP contribution in [-0.4, -0.2) is 21.5 Å². The van der Waals surface area contributed by atoms with Gasteiger partial charge in [0, 0.05) is 17.3 Å². The van der Waals surface area contributed by atoms with Crippen molar-refractivity contribution in [3.05, 3.63) is 40.3 Å². The van der Waals surface area contributed by atoms with Crippen molar-refractivity contribution in [2.45, 2.75) is 37.6 Å². The number of rotatable bonds is 2. The number of carbonyl (C=O) groups is 1. The number of H-pyrrole nitrogens is 1. The molecule has 1 amide bonds. The van der Waals surface area contributed by atoms with Crippen LogP contribution in [0.5, 0.6) is 0 Å². The smallest absolute Gasteiger partial charge is 0.276 e. The number of benzene rings is 1. The van der Waals surface area contributed by atoms with E-state index in [0.29, 0.717) is 11.3 Å². The molecule has 0 saturated heterocycles. The van der Waals surface area contributed by atoms with Crippen molar-refractivity contribution in [3.8, 4) is 0 Å². The monoisotopic (exact) mass is 303 g/mol. The van der Waals surface area contributed by atoms with E-state index in [9.17, 15) is 9.59 Å². The Morgan fingerprint density at radius 3 is 2.52 bits per heavy atom. The number of hydrogen-bond donors (Lipinski definition) is 3. The van der Waals surface area contributed by atoms with E-state index in [-0.39, 0.29) is 16.8 Å². The van der Waals surface area contributed by atoms with E-state index >= 15 is 0 Å². The summed E-state index contributed by atoms with van der Waals surface area (Å²) in [6, 6.07) is 7.76. The van der Waals surface area contributed by atoms with Gasteiger partial charge in [0.15, 0.2) is 0 Å². The minimum atomic E-state index is -0.272. The molecule has 0 bridgehead atoms. The van der Waals surface area contributed by atoms with Gasteiger partial charge in [0.25, 0.3) is 10.8 Å². The zero-order valence-electron chi connectivity index (χ0n) is 11.5. The minimum absolute atomic E-state index is 0.148. The lowest BCUT2D eigenvalue weighted by Gasteiger charge is -2.28. The maximum absolute atomic E-state index is 11.8. The van der Waals surface area contributed by atoms with Gasteiger partial charge in [-0.25, -0.2) is 5.10 Å². The van der Waals surface area contributed by atoms with Crippen molar-refractivity contribution in [2.75, 3.05) is 0 Å². The van der Waals surface area contributed by atoms with E-state index < -0.39 is 0 Å². The average Bonchev–Trinajstić information content (AvgIpc) is 2.48. The number of carbonyl (C=O) groups excluding carboxylic acids is 1. The Labute approximate surface area is 127 Å². The van der Waals surface area contributed by atoms with Gasteiger partial charge in [-0.05, 0) is 31.7 Å². The standard InChI is InChI=1S/C15H17N3O2S/c19-14-12-4-2-1-3-11(12)13(17-18-14)9-5-7-10(8-6-9)16-15(20)21/h1-4,9-10H,5-8H2,(H,18,19)(H2,16,20,21). The summed E-state index contributed by atoms with van der Waals surface area (Å²) in [5.74, 6) is 0.319. The molecule has 1 aromatic carbocycles. The average molecular weight is 303 g/mol. The van der Waals surface area contributed by atoms with Gasteiger partial charge in [-0.3, -0.25) is 9.59 Å². The lowest BCUT2D eigenvalue weighted by Crippen LogP contribution is -2.34. The number of aromatic amines is 1. The molecule has 1 heterocycles. The van der Waals surface area contributed by atoms with Gasteiger partial charge in [0.2, 0.25) is 0 Å². The second kappa shape index (κ2) is 5.89. The van der Waals surface area contributed by atoms with Gasteiger partial charge >= 0.3 is 0 Å². The number of nitrogens with zero attached hydrogens (tertiary/aromatic N) is 1. The summed E-state index contributed by atoms with van der Waals surface area (Å²) in [7, 11) is 0. The van der Waals surface area contributed by atoms with Crippen molar-refractivity contribution in [2.24, 2.45) is 0 Å². The van der Waals surface area contributed by atoms with E-state index in [2.05, 4.69) is 28.1 Å². The molecule has 0 unspecified atom stereocenters.